The Labute approximate surface area is 246 Å². The Bertz CT molecular complexity index is 753. The summed E-state index contributed by atoms with van der Waals surface area (Å²) in [5.41, 5.74) is 0. The summed E-state index contributed by atoms with van der Waals surface area (Å²) in [6, 6.07) is -1.15. The number of aliphatic hydroxyl groups excluding tert-OH is 2. The number of unbranched alkanes of at least 4 members (excludes halogenated alkanes) is 16. The molecule has 0 heterocycles. The molecule has 0 aliphatic carbocycles. The molecule has 0 aromatic heterocycles. The third-order valence-corrected chi connectivity index (χ3v) is 8.07. The molecule has 8 heteroatoms. The van der Waals surface area contributed by atoms with Crippen LogP contribution in [0.15, 0.2) is 24.3 Å². The van der Waals surface area contributed by atoms with Crippen LogP contribution in [0, 0.1) is 0 Å². The summed E-state index contributed by atoms with van der Waals surface area (Å²) in [7, 11) is -4.40. The van der Waals surface area contributed by atoms with Crippen molar-refractivity contribution in [2.75, 3.05) is 5.75 Å². The standard InChI is InChI=1S/C32H61NO6S/c1-3-5-7-9-11-13-14-15-16-17-19-21-23-25-27-31(35)32(36)33-29(28-40(37,38)39)30(34)26-24-22-20-18-12-10-8-6-4-2/h11,13-15,29-31,34-35H,3-10,12,16-28H2,1-2H3,(H,33,36)(H,37,38,39)/b13-11-,15-14-. The van der Waals surface area contributed by atoms with E-state index in [0.717, 1.165) is 57.8 Å². The second kappa shape index (κ2) is 26.7. The molecule has 0 spiro atoms. The van der Waals surface area contributed by atoms with Gasteiger partial charge < -0.3 is 15.5 Å². The number of carbonyl (C=O) groups excluding carboxylic acids is 1. The summed E-state index contributed by atoms with van der Waals surface area (Å²) in [6.07, 6.45) is 27.7. The van der Waals surface area contributed by atoms with Crippen molar-refractivity contribution in [1.29, 1.82) is 0 Å². The maximum atomic E-state index is 12.5. The fraction of sp³-hybridized carbons (Fsp3) is 0.844. The summed E-state index contributed by atoms with van der Waals surface area (Å²) in [5, 5.41) is 23.3. The Morgan fingerprint density at radius 3 is 1.62 bits per heavy atom. The first kappa shape index (κ1) is 38.8. The Morgan fingerprint density at radius 1 is 0.675 bits per heavy atom. The van der Waals surface area contributed by atoms with Gasteiger partial charge in [0.2, 0.25) is 5.91 Å². The monoisotopic (exact) mass is 587 g/mol. The molecule has 236 valence electrons. The first-order chi connectivity index (χ1) is 19.2. The van der Waals surface area contributed by atoms with Gasteiger partial charge in [0.05, 0.1) is 17.9 Å². The number of amides is 1. The van der Waals surface area contributed by atoms with E-state index in [0.29, 0.717) is 19.3 Å². The zero-order chi connectivity index (χ0) is 29.9. The van der Waals surface area contributed by atoms with Crippen molar-refractivity contribution in [3.05, 3.63) is 24.3 Å². The Kier molecular flexibility index (Phi) is 25.9. The zero-order valence-corrected chi connectivity index (χ0v) is 26.4. The minimum Gasteiger partial charge on any atom is -0.391 e. The van der Waals surface area contributed by atoms with Crippen molar-refractivity contribution < 1.29 is 28.0 Å². The van der Waals surface area contributed by atoms with Gasteiger partial charge in [0.15, 0.2) is 0 Å². The maximum absolute atomic E-state index is 12.5. The molecule has 0 saturated heterocycles. The SMILES string of the molecule is CCCCC/C=C\C=C/CCCCCCCC(O)C(=O)NC(CS(=O)(=O)O)C(O)CCCCCCCCCCC. The van der Waals surface area contributed by atoms with Gasteiger partial charge in [-0.1, -0.05) is 134 Å². The molecule has 0 rings (SSSR count). The molecule has 0 radical (unpaired) electrons. The van der Waals surface area contributed by atoms with Crippen molar-refractivity contribution in [2.45, 2.75) is 167 Å². The summed E-state index contributed by atoms with van der Waals surface area (Å²) >= 11 is 0. The van der Waals surface area contributed by atoms with E-state index in [-0.39, 0.29) is 6.42 Å². The molecule has 0 aromatic rings. The van der Waals surface area contributed by atoms with Crippen molar-refractivity contribution >= 4 is 16.0 Å². The first-order valence-electron chi connectivity index (χ1n) is 16.1. The Balaban J connectivity index is 4.16. The number of rotatable bonds is 28. The molecule has 0 aliphatic rings. The van der Waals surface area contributed by atoms with Gasteiger partial charge in [-0.05, 0) is 38.5 Å². The molecule has 7 nitrogen and oxygen atoms in total. The number of hydrogen-bond acceptors (Lipinski definition) is 5. The number of carbonyl (C=O) groups is 1. The number of nitrogens with one attached hydrogen (secondary N) is 1. The Hall–Kier alpha value is -1.22. The fourth-order valence-electron chi connectivity index (χ4n) is 4.74. The van der Waals surface area contributed by atoms with Gasteiger partial charge in [-0.25, -0.2) is 0 Å². The van der Waals surface area contributed by atoms with Crippen LogP contribution >= 0.6 is 0 Å². The average Bonchev–Trinajstić information content (AvgIpc) is 2.90. The lowest BCUT2D eigenvalue weighted by molar-refractivity contribution is -0.131. The molecule has 4 N–H and O–H groups in total. The van der Waals surface area contributed by atoms with Crippen molar-refractivity contribution in [2.24, 2.45) is 0 Å². The fourth-order valence-corrected chi connectivity index (χ4v) is 5.50. The topological polar surface area (TPSA) is 124 Å². The van der Waals surface area contributed by atoms with Crippen molar-refractivity contribution in [1.82, 2.24) is 5.32 Å². The third kappa shape index (κ3) is 25.7. The van der Waals surface area contributed by atoms with Gasteiger partial charge in [-0.15, -0.1) is 0 Å². The lowest BCUT2D eigenvalue weighted by Crippen LogP contribution is -2.50. The minimum absolute atomic E-state index is 0.279. The van der Waals surface area contributed by atoms with Gasteiger partial charge >= 0.3 is 0 Å². The normalized spacial score (nSPS) is 14.6. The highest BCUT2D eigenvalue weighted by Gasteiger charge is 2.28. The van der Waals surface area contributed by atoms with E-state index in [1.807, 2.05) is 0 Å². The number of aliphatic hydroxyl groups is 2. The lowest BCUT2D eigenvalue weighted by Gasteiger charge is -2.24. The van der Waals surface area contributed by atoms with Crippen LogP contribution in [0.2, 0.25) is 0 Å². The molecule has 3 unspecified atom stereocenters. The summed E-state index contributed by atoms with van der Waals surface area (Å²) in [5.74, 6) is -1.47. The van der Waals surface area contributed by atoms with Crippen LogP contribution in [-0.4, -0.2) is 53.1 Å². The van der Waals surface area contributed by atoms with Crippen LogP contribution in [0.25, 0.3) is 0 Å². The van der Waals surface area contributed by atoms with E-state index in [2.05, 4.69) is 43.5 Å². The van der Waals surface area contributed by atoms with Gasteiger partial charge in [0.25, 0.3) is 10.1 Å². The van der Waals surface area contributed by atoms with Crippen LogP contribution in [0.5, 0.6) is 0 Å². The van der Waals surface area contributed by atoms with Gasteiger partial charge in [-0.3, -0.25) is 9.35 Å². The van der Waals surface area contributed by atoms with Crippen LogP contribution in [-0.2, 0) is 14.9 Å². The predicted octanol–water partition coefficient (Wildman–Crippen LogP) is 7.43. The van der Waals surface area contributed by atoms with Gasteiger partial charge in [0, 0.05) is 0 Å². The highest BCUT2D eigenvalue weighted by Crippen LogP contribution is 2.14. The molecule has 0 aromatic carbocycles. The Morgan fingerprint density at radius 2 is 1.10 bits per heavy atom. The van der Waals surface area contributed by atoms with Crippen LogP contribution in [0.4, 0.5) is 0 Å². The van der Waals surface area contributed by atoms with E-state index < -0.39 is 40.0 Å². The number of hydrogen-bond donors (Lipinski definition) is 4. The molecule has 40 heavy (non-hydrogen) atoms. The van der Waals surface area contributed by atoms with E-state index >= 15 is 0 Å². The van der Waals surface area contributed by atoms with Gasteiger partial charge in [-0.2, -0.15) is 8.42 Å². The molecular formula is C32H61NO6S. The smallest absolute Gasteiger partial charge is 0.266 e. The minimum atomic E-state index is -4.40. The van der Waals surface area contributed by atoms with Crippen molar-refractivity contribution in [3.63, 3.8) is 0 Å². The highest BCUT2D eigenvalue weighted by atomic mass is 32.2. The second-order valence-electron chi connectivity index (χ2n) is 11.3. The molecule has 0 aliphatic heterocycles. The zero-order valence-electron chi connectivity index (χ0n) is 25.6. The van der Waals surface area contributed by atoms with E-state index in [4.69, 9.17) is 0 Å². The second-order valence-corrected chi connectivity index (χ2v) is 12.8. The maximum Gasteiger partial charge on any atom is 0.266 e. The molecule has 1 amide bonds. The average molecular weight is 588 g/mol. The van der Waals surface area contributed by atoms with Crippen LogP contribution in [0.1, 0.15) is 149 Å². The van der Waals surface area contributed by atoms with Crippen LogP contribution in [0.3, 0.4) is 0 Å². The van der Waals surface area contributed by atoms with E-state index in [1.54, 1.807) is 0 Å². The molecular weight excluding hydrogens is 526 g/mol. The third-order valence-electron chi connectivity index (χ3n) is 7.29. The molecule has 0 saturated carbocycles. The van der Waals surface area contributed by atoms with Gasteiger partial charge in [0.1, 0.15) is 6.10 Å². The quantitative estimate of drug-likeness (QED) is 0.0429. The largest absolute Gasteiger partial charge is 0.391 e. The first-order valence-corrected chi connectivity index (χ1v) is 17.8. The molecule has 3 atom stereocenters. The van der Waals surface area contributed by atoms with Crippen molar-refractivity contribution in [3.8, 4) is 0 Å². The van der Waals surface area contributed by atoms with E-state index in [9.17, 15) is 28.0 Å². The molecule has 0 fully saturated rings. The summed E-state index contributed by atoms with van der Waals surface area (Å²) in [4.78, 5) is 12.5. The number of allylic oxidation sites excluding steroid dienone is 4. The van der Waals surface area contributed by atoms with E-state index in [1.165, 1.54) is 51.4 Å². The van der Waals surface area contributed by atoms with Crippen LogP contribution < -0.4 is 5.32 Å². The molecule has 0 bridgehead atoms. The predicted molar refractivity (Wildman–Crippen MR) is 167 cm³/mol. The highest BCUT2D eigenvalue weighted by molar-refractivity contribution is 7.85. The lowest BCUT2D eigenvalue weighted by atomic mass is 10.0. The summed E-state index contributed by atoms with van der Waals surface area (Å²) < 4.78 is 32.2. The summed E-state index contributed by atoms with van der Waals surface area (Å²) in [6.45, 7) is 4.41.